The van der Waals surface area contributed by atoms with Gasteiger partial charge < -0.3 is 18.8 Å². The van der Waals surface area contributed by atoms with Gasteiger partial charge in [0.1, 0.15) is 0 Å². The van der Waals surface area contributed by atoms with Gasteiger partial charge in [0, 0.05) is 17.3 Å². The highest BCUT2D eigenvalue weighted by atomic mass is 32.2. The Bertz CT molecular complexity index is 488. The van der Waals surface area contributed by atoms with Gasteiger partial charge in [-0.25, -0.2) is 0 Å². The summed E-state index contributed by atoms with van der Waals surface area (Å²) >= 11 is 0.744. The van der Waals surface area contributed by atoms with Crippen molar-refractivity contribution in [1.82, 2.24) is 4.98 Å². The van der Waals surface area contributed by atoms with Crippen LogP contribution in [0.15, 0.2) is 29.4 Å². The summed E-state index contributed by atoms with van der Waals surface area (Å²) < 4.78 is 32.1. The summed E-state index contributed by atoms with van der Waals surface area (Å²) in [7, 11) is -8.64. The molecule has 2 N–H and O–H groups in total. The molecule has 1 aromatic heterocycles. The van der Waals surface area contributed by atoms with E-state index in [1.807, 2.05) is 0 Å². The van der Waals surface area contributed by atoms with Crippen LogP contribution >= 0.6 is 27.0 Å². The lowest BCUT2D eigenvalue weighted by atomic mass is 10.5. The van der Waals surface area contributed by atoms with E-state index < -0.39 is 19.9 Å². The minimum atomic E-state index is -4.32. The fraction of sp³-hybridized carbons (Fsp3) is 0.500. The molecule has 0 amide bonds. The van der Waals surface area contributed by atoms with Crippen molar-refractivity contribution in [2.75, 3.05) is 13.2 Å². The largest absolute Gasteiger partial charge is 0.353 e. The van der Waals surface area contributed by atoms with Gasteiger partial charge in [0.15, 0.2) is 0 Å². The Balaban J connectivity index is 3.08. The molecule has 0 aliphatic heterocycles. The third kappa shape index (κ3) is 4.97. The number of nitrogens with zero attached hydrogens (tertiary/aromatic N) is 1. The minimum absolute atomic E-state index is 0.0516. The zero-order valence-electron chi connectivity index (χ0n) is 11.1. The van der Waals surface area contributed by atoms with Crippen molar-refractivity contribution < 1.29 is 28.0 Å². The maximum Gasteiger partial charge on any atom is 0.353 e. The van der Waals surface area contributed by atoms with Gasteiger partial charge in [-0.05, 0) is 26.0 Å². The van der Waals surface area contributed by atoms with Crippen LogP contribution in [0.25, 0.3) is 0 Å². The van der Waals surface area contributed by atoms with Crippen LogP contribution in [-0.2, 0) is 18.2 Å². The second-order valence-electron chi connectivity index (χ2n) is 3.60. The van der Waals surface area contributed by atoms with Crippen LogP contribution in [0.4, 0.5) is 0 Å². The van der Waals surface area contributed by atoms with Gasteiger partial charge in [0.2, 0.25) is 4.73 Å². The summed E-state index contributed by atoms with van der Waals surface area (Å²) in [6, 6.07) is 3.23. The number of pyridine rings is 1. The van der Waals surface area contributed by atoms with E-state index in [-0.39, 0.29) is 13.2 Å². The predicted molar refractivity (Wildman–Crippen MR) is 76.8 cm³/mol. The van der Waals surface area contributed by atoms with E-state index in [9.17, 15) is 18.9 Å². The summed E-state index contributed by atoms with van der Waals surface area (Å²) in [4.78, 5) is 24.1. The molecule has 0 aliphatic carbocycles. The molecule has 2 unspecified atom stereocenters. The molecule has 2 atom stereocenters. The summed E-state index contributed by atoms with van der Waals surface area (Å²) in [6.07, 6.45) is 2.96. The van der Waals surface area contributed by atoms with E-state index in [4.69, 9.17) is 9.05 Å². The maximum absolute atomic E-state index is 12.1. The molecular weight excluding hydrogens is 324 g/mol. The lowest BCUT2D eigenvalue weighted by Gasteiger charge is -2.25. The molecule has 0 fully saturated rings. The van der Waals surface area contributed by atoms with Crippen LogP contribution in [0.3, 0.4) is 0 Å². The van der Waals surface area contributed by atoms with Gasteiger partial charge in [0.25, 0.3) is 0 Å². The van der Waals surface area contributed by atoms with Gasteiger partial charge >= 0.3 is 15.2 Å². The number of hydrogen-bond acceptors (Lipinski definition) is 6. The fourth-order valence-electron chi connectivity index (χ4n) is 1.35. The molecule has 1 heterocycles. The van der Waals surface area contributed by atoms with E-state index in [2.05, 4.69) is 4.98 Å². The molecule has 0 aliphatic rings. The molecule has 10 heteroatoms. The first-order chi connectivity index (χ1) is 9.33. The van der Waals surface area contributed by atoms with Gasteiger partial charge in [-0.15, -0.1) is 0 Å². The molecule has 0 spiro atoms. The van der Waals surface area contributed by atoms with Crippen LogP contribution < -0.4 is 0 Å². The number of hydrogen-bond donors (Lipinski definition) is 2. The van der Waals surface area contributed by atoms with Crippen molar-refractivity contribution in [2.24, 2.45) is 0 Å². The van der Waals surface area contributed by atoms with Gasteiger partial charge in [-0.3, -0.25) is 14.1 Å². The lowest BCUT2D eigenvalue weighted by molar-refractivity contribution is 0.257. The normalized spacial score (nSPS) is 19.0. The number of rotatable bonds is 8. The Morgan fingerprint density at radius 1 is 1.25 bits per heavy atom. The third-order valence-electron chi connectivity index (χ3n) is 2.06. The minimum Gasteiger partial charge on any atom is -0.323 e. The molecule has 114 valence electrons. The average Bonchev–Trinajstić information content (AvgIpc) is 2.36. The second kappa shape index (κ2) is 7.71. The first-order valence-electron chi connectivity index (χ1n) is 5.84. The van der Waals surface area contributed by atoms with Crippen molar-refractivity contribution in [2.45, 2.75) is 23.5 Å². The summed E-state index contributed by atoms with van der Waals surface area (Å²) in [6.45, 7) is 2.95. The summed E-state index contributed by atoms with van der Waals surface area (Å²) in [5.74, 6) is 0. The molecule has 7 nitrogen and oxygen atoms in total. The van der Waals surface area contributed by atoms with Gasteiger partial charge in [-0.2, -0.15) is 0 Å². The number of aromatic nitrogens is 1. The van der Waals surface area contributed by atoms with Gasteiger partial charge in [0.05, 0.1) is 13.2 Å². The Morgan fingerprint density at radius 2 is 1.80 bits per heavy atom. The zero-order valence-corrected chi connectivity index (χ0v) is 13.7. The van der Waals surface area contributed by atoms with Crippen molar-refractivity contribution in [3.8, 4) is 0 Å². The van der Waals surface area contributed by atoms with Crippen LogP contribution in [0.5, 0.6) is 0 Å². The highest BCUT2D eigenvalue weighted by Crippen LogP contribution is 2.70. The molecular formula is C10H17NO6P2S. The Morgan fingerprint density at radius 3 is 2.20 bits per heavy atom. The SMILES string of the molecule is CCOP(=O)(O)C(Sc1cccnc1)P(=O)(O)OCC. The summed E-state index contributed by atoms with van der Waals surface area (Å²) in [5, 5.41) is 0. The monoisotopic (exact) mass is 341 g/mol. The van der Waals surface area contributed by atoms with E-state index in [0.29, 0.717) is 4.90 Å². The smallest absolute Gasteiger partial charge is 0.323 e. The molecule has 0 bridgehead atoms. The van der Waals surface area contributed by atoms with Crippen molar-refractivity contribution in [1.29, 1.82) is 0 Å². The molecule has 20 heavy (non-hydrogen) atoms. The second-order valence-corrected chi connectivity index (χ2v) is 9.69. The van der Waals surface area contributed by atoms with Crippen LogP contribution in [-0.4, -0.2) is 32.7 Å². The zero-order chi connectivity index (χ0) is 15.2. The third-order valence-corrected chi connectivity index (χ3v) is 9.14. The lowest BCUT2D eigenvalue weighted by Crippen LogP contribution is -2.10. The van der Waals surface area contributed by atoms with Gasteiger partial charge in [-0.1, -0.05) is 11.8 Å². The molecule has 0 saturated carbocycles. The van der Waals surface area contributed by atoms with Crippen molar-refractivity contribution in [3.63, 3.8) is 0 Å². The van der Waals surface area contributed by atoms with Crippen LogP contribution in [0.1, 0.15) is 13.8 Å². The first-order valence-corrected chi connectivity index (χ1v) is 10.0. The Hall–Kier alpha value is -0.200. The van der Waals surface area contributed by atoms with Crippen molar-refractivity contribution in [3.05, 3.63) is 24.5 Å². The predicted octanol–water partition coefficient (Wildman–Crippen LogP) is 2.90. The van der Waals surface area contributed by atoms with Crippen LogP contribution in [0.2, 0.25) is 0 Å². The molecule has 0 radical (unpaired) electrons. The van der Waals surface area contributed by atoms with E-state index in [0.717, 1.165) is 11.8 Å². The van der Waals surface area contributed by atoms with Crippen LogP contribution in [0, 0.1) is 0 Å². The van der Waals surface area contributed by atoms with E-state index >= 15 is 0 Å². The molecule has 1 rings (SSSR count). The standard InChI is InChI=1S/C10H17NO6P2S/c1-3-16-18(12,13)10(19(14,15)17-4-2)20-9-6-5-7-11-8-9/h5-8,10H,3-4H2,1-2H3,(H,12,13)(H,14,15). The fourth-order valence-corrected chi connectivity index (χ4v) is 6.91. The van der Waals surface area contributed by atoms with E-state index in [1.165, 1.54) is 26.2 Å². The highest BCUT2D eigenvalue weighted by Gasteiger charge is 2.48. The van der Waals surface area contributed by atoms with Crippen molar-refractivity contribution >= 4 is 27.0 Å². The number of thioether (sulfide) groups is 1. The highest BCUT2D eigenvalue weighted by molar-refractivity contribution is 8.12. The maximum atomic E-state index is 12.1. The van der Waals surface area contributed by atoms with E-state index in [1.54, 1.807) is 12.1 Å². The topological polar surface area (TPSA) is 106 Å². The first kappa shape index (κ1) is 17.9. The Kier molecular flexibility index (Phi) is 6.88. The molecule has 0 aromatic carbocycles. The Labute approximate surface area is 121 Å². The quantitative estimate of drug-likeness (QED) is 0.549. The molecule has 1 aromatic rings. The molecule has 0 saturated heterocycles. The average molecular weight is 341 g/mol. The summed E-state index contributed by atoms with van der Waals surface area (Å²) in [5.41, 5.74) is 0.